The monoisotopic (exact) mass is 602 g/mol. The molecule has 2 N–H and O–H groups in total. The van der Waals surface area contributed by atoms with Gasteiger partial charge in [0.1, 0.15) is 17.2 Å². The molecule has 5 aromatic rings. The average molecular weight is 603 g/mol. The van der Waals surface area contributed by atoms with Gasteiger partial charge in [-0.3, -0.25) is 4.99 Å². The summed E-state index contributed by atoms with van der Waals surface area (Å²) in [5.74, 6) is 1.00. The Bertz CT molecular complexity index is 2000. The highest BCUT2D eigenvalue weighted by Crippen LogP contribution is 2.36. The third-order valence-electron chi connectivity index (χ3n) is 8.88. The van der Waals surface area contributed by atoms with Gasteiger partial charge in [0.2, 0.25) is 0 Å². The van der Waals surface area contributed by atoms with E-state index < -0.39 is 0 Å². The molecule has 6 rings (SSSR count). The lowest BCUT2D eigenvalue weighted by Gasteiger charge is -2.18. The Morgan fingerprint density at radius 3 is 2.48 bits per heavy atom. The highest BCUT2D eigenvalue weighted by molar-refractivity contribution is 6.10. The van der Waals surface area contributed by atoms with Crippen molar-refractivity contribution in [3.63, 3.8) is 0 Å². The number of fused-ring (bicyclic) bond motifs is 3. The molecule has 0 spiro atoms. The molecule has 0 aliphatic heterocycles. The van der Waals surface area contributed by atoms with Crippen LogP contribution in [0.3, 0.4) is 0 Å². The lowest BCUT2D eigenvalue weighted by molar-refractivity contribution is 0.516. The minimum Gasteiger partial charge on any atom is -0.456 e. The first-order valence-electron chi connectivity index (χ1n) is 16.2. The van der Waals surface area contributed by atoms with Crippen molar-refractivity contribution in [3.05, 3.63) is 168 Å². The zero-order chi connectivity index (χ0) is 31.9. The molecule has 46 heavy (non-hydrogen) atoms. The summed E-state index contributed by atoms with van der Waals surface area (Å²) in [5.41, 5.74) is 15.5. The lowest BCUT2D eigenvalue weighted by atomic mass is 9.91. The second kappa shape index (κ2) is 14.3. The van der Waals surface area contributed by atoms with Crippen molar-refractivity contribution in [2.45, 2.75) is 39.7 Å². The summed E-state index contributed by atoms with van der Waals surface area (Å²) in [4.78, 5) is 5.44. The number of para-hydroxylation sites is 1. The van der Waals surface area contributed by atoms with Crippen LogP contribution in [0.1, 0.15) is 49.4 Å². The van der Waals surface area contributed by atoms with Gasteiger partial charge in [0.25, 0.3) is 0 Å². The Morgan fingerprint density at radius 1 is 0.870 bits per heavy atom. The van der Waals surface area contributed by atoms with Crippen LogP contribution in [0, 0.1) is 18.8 Å². The maximum Gasteiger partial charge on any atom is 0.135 e. The van der Waals surface area contributed by atoms with Gasteiger partial charge in [0.15, 0.2) is 0 Å². The summed E-state index contributed by atoms with van der Waals surface area (Å²) < 4.78 is 6.11. The number of rotatable bonds is 10. The van der Waals surface area contributed by atoms with Crippen molar-refractivity contribution in [1.29, 1.82) is 0 Å². The van der Waals surface area contributed by atoms with Crippen molar-refractivity contribution in [1.82, 2.24) is 0 Å². The molecule has 230 valence electrons. The molecular weight excluding hydrogens is 560 g/mol. The van der Waals surface area contributed by atoms with Crippen molar-refractivity contribution in [3.8, 4) is 11.1 Å². The highest BCUT2D eigenvalue weighted by atomic mass is 16.3. The topological polar surface area (TPSA) is 51.5 Å². The molecule has 1 aromatic heterocycles. The third kappa shape index (κ3) is 6.74. The van der Waals surface area contributed by atoms with Gasteiger partial charge >= 0.3 is 0 Å². The predicted octanol–water partition coefficient (Wildman–Crippen LogP) is 11.2. The molecule has 0 saturated carbocycles. The molecule has 0 amide bonds. The first-order chi connectivity index (χ1) is 22.6. The first-order valence-corrected chi connectivity index (χ1v) is 16.2. The molecule has 1 unspecified atom stereocenters. The molecule has 0 bridgehead atoms. The summed E-state index contributed by atoms with van der Waals surface area (Å²) in [6.45, 7) is 6.32. The van der Waals surface area contributed by atoms with Gasteiger partial charge in [-0.25, -0.2) is 0 Å². The quantitative estimate of drug-likeness (QED) is 0.0982. The van der Waals surface area contributed by atoms with Gasteiger partial charge < -0.3 is 10.2 Å². The van der Waals surface area contributed by atoms with Crippen LogP contribution in [0.4, 0.5) is 0 Å². The molecule has 1 aliphatic carbocycles. The van der Waals surface area contributed by atoms with E-state index in [1.807, 2.05) is 18.2 Å². The van der Waals surface area contributed by atoms with Gasteiger partial charge in [-0.05, 0) is 110 Å². The molecule has 0 saturated heterocycles. The number of hydrogen-bond donors (Lipinski definition) is 1. The highest BCUT2D eigenvalue weighted by Gasteiger charge is 2.20. The SMILES string of the molecule is C/C=C\C[C@@H]1C=CC[C@H]1/C=C/C(=C\C)C(/C=C\N)=NC(c1ccccc1)c1cc(C)cc(-c2ccc3oc4ccccc4c3c2)c1. The Kier molecular flexibility index (Phi) is 9.59. The molecule has 1 heterocycles. The average Bonchev–Trinajstić information content (AvgIpc) is 3.70. The van der Waals surface area contributed by atoms with Gasteiger partial charge in [-0.1, -0.05) is 115 Å². The van der Waals surface area contributed by atoms with Crippen molar-refractivity contribution in [2.24, 2.45) is 22.6 Å². The Morgan fingerprint density at radius 2 is 1.67 bits per heavy atom. The van der Waals surface area contributed by atoms with E-state index in [0.717, 1.165) is 68.3 Å². The molecule has 0 radical (unpaired) electrons. The molecule has 1 aliphatic rings. The largest absolute Gasteiger partial charge is 0.456 e. The van der Waals surface area contributed by atoms with Gasteiger partial charge in [0, 0.05) is 10.8 Å². The Hall–Kier alpha value is -5.15. The van der Waals surface area contributed by atoms with Crippen molar-refractivity contribution < 1.29 is 4.42 Å². The van der Waals surface area contributed by atoms with E-state index in [1.165, 1.54) is 5.56 Å². The van der Waals surface area contributed by atoms with Gasteiger partial charge in [0.05, 0.1) is 5.71 Å². The van der Waals surface area contributed by atoms with Crippen LogP contribution in [-0.4, -0.2) is 5.71 Å². The fourth-order valence-electron chi connectivity index (χ4n) is 6.52. The fraction of sp³-hybridized carbons (Fsp3) is 0.186. The van der Waals surface area contributed by atoms with E-state index in [4.69, 9.17) is 15.1 Å². The van der Waals surface area contributed by atoms with Crippen LogP contribution in [-0.2, 0) is 0 Å². The van der Waals surface area contributed by atoms with E-state index in [9.17, 15) is 0 Å². The molecule has 3 heteroatoms. The molecule has 3 nitrogen and oxygen atoms in total. The summed E-state index contributed by atoms with van der Waals surface area (Å²) in [6, 6.07) is 31.8. The fourth-order valence-corrected chi connectivity index (χ4v) is 6.52. The Labute approximate surface area is 272 Å². The normalized spacial score (nSPS) is 18.2. The summed E-state index contributed by atoms with van der Waals surface area (Å²) in [6.07, 6.45) is 21.4. The van der Waals surface area contributed by atoms with Crippen molar-refractivity contribution in [2.75, 3.05) is 0 Å². The number of allylic oxidation sites excluding steroid dienone is 9. The first kappa shape index (κ1) is 30.9. The maximum atomic E-state index is 6.11. The van der Waals surface area contributed by atoms with E-state index in [1.54, 1.807) is 6.20 Å². The summed E-state index contributed by atoms with van der Waals surface area (Å²) in [5, 5.41) is 2.25. The van der Waals surface area contributed by atoms with Crippen LogP contribution in [0.5, 0.6) is 0 Å². The zero-order valence-corrected chi connectivity index (χ0v) is 26.9. The smallest absolute Gasteiger partial charge is 0.135 e. The zero-order valence-electron chi connectivity index (χ0n) is 26.9. The number of nitrogens with two attached hydrogens (primary N) is 1. The van der Waals surface area contributed by atoms with Crippen LogP contribution in [0.15, 0.2) is 161 Å². The third-order valence-corrected chi connectivity index (χ3v) is 8.88. The Balaban J connectivity index is 1.40. The molecule has 3 atom stereocenters. The van der Waals surface area contributed by atoms with Crippen LogP contribution in [0.2, 0.25) is 0 Å². The van der Waals surface area contributed by atoms with Gasteiger partial charge in [-0.2, -0.15) is 0 Å². The number of aryl methyl sites for hydroxylation is 1. The van der Waals surface area contributed by atoms with E-state index in [2.05, 4.69) is 142 Å². The van der Waals surface area contributed by atoms with E-state index in [-0.39, 0.29) is 6.04 Å². The summed E-state index contributed by atoms with van der Waals surface area (Å²) in [7, 11) is 0. The molecular formula is C43H42N2O. The number of furan rings is 1. The van der Waals surface area contributed by atoms with Crippen LogP contribution >= 0.6 is 0 Å². The van der Waals surface area contributed by atoms with Gasteiger partial charge in [-0.15, -0.1) is 0 Å². The second-order valence-electron chi connectivity index (χ2n) is 12.0. The number of benzene rings is 4. The van der Waals surface area contributed by atoms with Crippen LogP contribution in [0.25, 0.3) is 33.1 Å². The minimum absolute atomic E-state index is 0.219. The standard InChI is InChI=1S/C43H42N2O/c1-4-6-13-32-16-12-17-33(32)21-20-31(5-2)40(24-25-44)45-43(34-14-8-7-9-15-34)37-27-30(3)26-36(28-37)35-22-23-42-39(29-35)38-18-10-11-19-41(38)46-42/h4-12,14-16,18-29,32-33,43H,13,17,44H2,1-3H3/b6-4-,21-20+,25-24-,31-5+,45-40?/t32-,33+,43?/m1/s1. The number of aliphatic imine (C=N–C) groups is 1. The molecule has 0 fully saturated rings. The number of hydrogen-bond acceptors (Lipinski definition) is 3. The second-order valence-corrected chi connectivity index (χ2v) is 12.0. The predicted molar refractivity (Wildman–Crippen MR) is 196 cm³/mol. The lowest BCUT2D eigenvalue weighted by Crippen LogP contribution is -2.08. The van der Waals surface area contributed by atoms with E-state index in [0.29, 0.717) is 11.8 Å². The minimum atomic E-state index is -0.219. The molecule has 4 aromatic carbocycles. The number of nitrogens with zero attached hydrogens (tertiary/aromatic N) is 1. The maximum absolute atomic E-state index is 6.11. The summed E-state index contributed by atoms with van der Waals surface area (Å²) >= 11 is 0. The van der Waals surface area contributed by atoms with E-state index >= 15 is 0 Å². The van der Waals surface area contributed by atoms with Crippen LogP contribution < -0.4 is 5.73 Å². The van der Waals surface area contributed by atoms with Crippen molar-refractivity contribution >= 4 is 27.7 Å².